The molecule has 3 aromatic rings. The molecule has 1 N–H and O–H groups in total. The van der Waals surface area contributed by atoms with Gasteiger partial charge in [0.15, 0.2) is 0 Å². The van der Waals surface area contributed by atoms with Crippen LogP contribution in [0, 0.1) is 5.92 Å². The van der Waals surface area contributed by atoms with Gasteiger partial charge in [-0.3, -0.25) is 0 Å². The van der Waals surface area contributed by atoms with E-state index in [9.17, 15) is 0 Å². The topological polar surface area (TPSA) is 15.3 Å². The summed E-state index contributed by atoms with van der Waals surface area (Å²) in [4.78, 5) is 2.60. The quantitative estimate of drug-likeness (QED) is 0.622. The Balaban J connectivity index is 1.47. The van der Waals surface area contributed by atoms with Gasteiger partial charge in [-0.05, 0) is 47.1 Å². The van der Waals surface area contributed by atoms with E-state index in [1.165, 1.54) is 53.9 Å². The Labute approximate surface area is 173 Å². The fourth-order valence-electron chi connectivity index (χ4n) is 4.87. The minimum atomic E-state index is 0.432. The Kier molecular flexibility index (Phi) is 5.19. The smallest absolute Gasteiger partial charge is 0.0504 e. The van der Waals surface area contributed by atoms with Crippen LogP contribution in [-0.2, 0) is 6.54 Å². The zero-order chi connectivity index (χ0) is 19.5. The monoisotopic (exact) mass is 380 g/mol. The molecule has 146 valence electrons. The number of fused-ring (bicyclic) bond motifs is 3. The van der Waals surface area contributed by atoms with E-state index in [0.29, 0.717) is 6.04 Å². The van der Waals surface area contributed by atoms with E-state index in [4.69, 9.17) is 0 Å². The van der Waals surface area contributed by atoms with Gasteiger partial charge in [-0.15, -0.1) is 0 Å². The summed E-state index contributed by atoms with van der Waals surface area (Å²) in [6, 6.07) is 30.7. The first kappa shape index (κ1) is 18.2. The summed E-state index contributed by atoms with van der Waals surface area (Å²) in [7, 11) is 0. The highest BCUT2D eigenvalue weighted by Crippen LogP contribution is 2.37. The standard InChI is InChI=1S/C27H28N2/c1-3-9-21(10-4-1)20-28-27-23-15-17-29(18-16-23)26(27)19-24-13-7-8-14-25(24)22-11-5-2-6-12-22/h1-14,19,23,27-28H,15-18,20H2/b26-19-/t27-/m0/s1. The van der Waals surface area contributed by atoms with Gasteiger partial charge in [-0.25, -0.2) is 0 Å². The number of nitrogens with zero attached hydrogens (tertiary/aromatic N) is 1. The highest BCUT2D eigenvalue weighted by molar-refractivity contribution is 5.76. The third-order valence-corrected chi connectivity index (χ3v) is 6.41. The lowest BCUT2D eigenvalue weighted by Crippen LogP contribution is -2.54. The largest absolute Gasteiger partial charge is 0.373 e. The third kappa shape index (κ3) is 3.86. The second kappa shape index (κ2) is 8.26. The van der Waals surface area contributed by atoms with Gasteiger partial charge in [0.25, 0.3) is 0 Å². The van der Waals surface area contributed by atoms with Gasteiger partial charge in [0.1, 0.15) is 0 Å². The molecule has 2 nitrogen and oxygen atoms in total. The first-order valence-corrected chi connectivity index (χ1v) is 10.8. The molecular formula is C27H28N2. The molecule has 3 aliphatic heterocycles. The molecule has 0 aromatic heterocycles. The van der Waals surface area contributed by atoms with Gasteiger partial charge in [-0.2, -0.15) is 0 Å². The summed E-state index contributed by atoms with van der Waals surface area (Å²) in [6.45, 7) is 3.30. The minimum absolute atomic E-state index is 0.432. The van der Waals surface area contributed by atoms with E-state index in [1.54, 1.807) is 0 Å². The highest BCUT2D eigenvalue weighted by Gasteiger charge is 2.37. The number of hydrogen-bond donors (Lipinski definition) is 1. The number of hydrogen-bond acceptors (Lipinski definition) is 2. The maximum absolute atomic E-state index is 3.89. The number of rotatable bonds is 5. The molecule has 0 unspecified atom stereocenters. The van der Waals surface area contributed by atoms with Crippen molar-refractivity contribution in [1.82, 2.24) is 10.2 Å². The summed E-state index contributed by atoms with van der Waals surface area (Å²) < 4.78 is 0. The summed E-state index contributed by atoms with van der Waals surface area (Å²) in [5, 5.41) is 3.89. The van der Waals surface area contributed by atoms with Crippen LogP contribution in [0.25, 0.3) is 17.2 Å². The van der Waals surface area contributed by atoms with E-state index < -0.39 is 0 Å². The Hall–Kier alpha value is -2.84. The fraction of sp³-hybridized carbons (Fsp3) is 0.259. The van der Waals surface area contributed by atoms with Crippen LogP contribution in [0.2, 0.25) is 0 Å². The second-order valence-electron chi connectivity index (χ2n) is 8.19. The van der Waals surface area contributed by atoms with Crippen molar-refractivity contribution in [2.75, 3.05) is 13.1 Å². The van der Waals surface area contributed by atoms with E-state index in [-0.39, 0.29) is 0 Å². The van der Waals surface area contributed by atoms with Crippen LogP contribution in [-0.4, -0.2) is 24.0 Å². The third-order valence-electron chi connectivity index (χ3n) is 6.41. The van der Waals surface area contributed by atoms with Crippen LogP contribution in [0.5, 0.6) is 0 Å². The van der Waals surface area contributed by atoms with Crippen molar-refractivity contribution >= 4 is 6.08 Å². The minimum Gasteiger partial charge on any atom is -0.373 e. The van der Waals surface area contributed by atoms with Crippen LogP contribution < -0.4 is 5.32 Å². The second-order valence-corrected chi connectivity index (χ2v) is 8.19. The van der Waals surface area contributed by atoms with Gasteiger partial charge in [-0.1, -0.05) is 84.9 Å². The van der Waals surface area contributed by atoms with E-state index >= 15 is 0 Å². The summed E-state index contributed by atoms with van der Waals surface area (Å²) in [5.41, 5.74) is 6.72. The Morgan fingerprint density at radius 2 is 1.45 bits per heavy atom. The molecule has 2 heteroatoms. The van der Waals surface area contributed by atoms with Crippen molar-refractivity contribution in [2.24, 2.45) is 5.92 Å². The highest BCUT2D eigenvalue weighted by atomic mass is 15.2. The molecule has 3 aromatic carbocycles. The van der Waals surface area contributed by atoms with Crippen molar-refractivity contribution in [1.29, 1.82) is 0 Å². The van der Waals surface area contributed by atoms with Crippen LogP contribution in [0.15, 0.2) is 90.6 Å². The maximum atomic E-state index is 3.89. The lowest BCUT2D eigenvalue weighted by atomic mass is 9.80. The molecule has 0 aliphatic carbocycles. The van der Waals surface area contributed by atoms with Crippen molar-refractivity contribution < 1.29 is 0 Å². The van der Waals surface area contributed by atoms with Crippen molar-refractivity contribution in [3.63, 3.8) is 0 Å². The zero-order valence-electron chi connectivity index (χ0n) is 16.8. The molecule has 0 spiro atoms. The Morgan fingerprint density at radius 3 is 2.21 bits per heavy atom. The number of benzene rings is 3. The molecule has 0 amide bonds. The van der Waals surface area contributed by atoms with E-state index in [0.717, 1.165) is 12.5 Å². The van der Waals surface area contributed by atoms with Crippen molar-refractivity contribution in [3.05, 3.63) is 102 Å². The molecule has 3 saturated heterocycles. The van der Waals surface area contributed by atoms with Gasteiger partial charge < -0.3 is 10.2 Å². The van der Waals surface area contributed by atoms with Gasteiger partial charge in [0, 0.05) is 25.3 Å². The fourth-order valence-corrected chi connectivity index (χ4v) is 4.87. The van der Waals surface area contributed by atoms with Crippen molar-refractivity contribution in [2.45, 2.75) is 25.4 Å². The molecule has 3 fully saturated rings. The zero-order valence-corrected chi connectivity index (χ0v) is 16.8. The predicted molar refractivity (Wildman–Crippen MR) is 121 cm³/mol. The van der Waals surface area contributed by atoms with E-state index in [2.05, 4.69) is 101 Å². The van der Waals surface area contributed by atoms with Crippen LogP contribution >= 0.6 is 0 Å². The van der Waals surface area contributed by atoms with Crippen LogP contribution in [0.3, 0.4) is 0 Å². The molecule has 0 radical (unpaired) electrons. The maximum Gasteiger partial charge on any atom is 0.0504 e. The van der Waals surface area contributed by atoms with Gasteiger partial charge in [0.2, 0.25) is 0 Å². The molecule has 3 heterocycles. The number of nitrogens with one attached hydrogen (secondary N) is 1. The average molecular weight is 381 g/mol. The molecule has 1 atom stereocenters. The molecule has 6 rings (SSSR count). The van der Waals surface area contributed by atoms with Crippen LogP contribution in [0.4, 0.5) is 0 Å². The first-order chi connectivity index (χ1) is 14.4. The lowest BCUT2D eigenvalue weighted by molar-refractivity contribution is 0.123. The average Bonchev–Trinajstić information content (AvgIpc) is 2.81. The van der Waals surface area contributed by atoms with Gasteiger partial charge >= 0.3 is 0 Å². The van der Waals surface area contributed by atoms with Crippen LogP contribution in [0.1, 0.15) is 24.0 Å². The molecule has 3 aliphatic rings. The lowest BCUT2D eigenvalue weighted by Gasteiger charge is -2.48. The molecular weight excluding hydrogens is 352 g/mol. The number of piperidine rings is 3. The first-order valence-electron chi connectivity index (χ1n) is 10.8. The predicted octanol–water partition coefficient (Wildman–Crippen LogP) is 5.58. The van der Waals surface area contributed by atoms with Gasteiger partial charge in [0.05, 0.1) is 6.04 Å². The molecule has 2 bridgehead atoms. The van der Waals surface area contributed by atoms with Crippen molar-refractivity contribution in [3.8, 4) is 11.1 Å². The summed E-state index contributed by atoms with van der Waals surface area (Å²) >= 11 is 0. The summed E-state index contributed by atoms with van der Waals surface area (Å²) in [5.74, 6) is 0.735. The normalized spacial score (nSPS) is 22.2. The Morgan fingerprint density at radius 1 is 0.793 bits per heavy atom. The molecule has 29 heavy (non-hydrogen) atoms. The summed E-state index contributed by atoms with van der Waals surface area (Å²) in [6.07, 6.45) is 5.03. The SMILES string of the molecule is C(=C1\[C@@H](NCc2ccccc2)C2CCN1CC2)/c1ccccc1-c1ccccc1. The Bertz CT molecular complexity index is 970. The molecule has 0 saturated carbocycles. The van der Waals surface area contributed by atoms with E-state index in [1.807, 2.05) is 0 Å².